The van der Waals surface area contributed by atoms with Crippen LogP contribution in [-0.2, 0) is 0 Å². The number of benzene rings is 3. The van der Waals surface area contributed by atoms with Crippen LogP contribution in [-0.4, -0.2) is 15.9 Å². The summed E-state index contributed by atoms with van der Waals surface area (Å²) in [6.45, 7) is 1.96. The van der Waals surface area contributed by atoms with Crippen LogP contribution < -0.4 is 5.32 Å². The number of nitrogens with one attached hydrogen (secondary N) is 2. The molecular weight excluding hydrogens is 353 g/mol. The second kappa shape index (κ2) is 7.48. The number of amides is 1. The van der Waals surface area contributed by atoms with Crippen molar-refractivity contribution in [3.05, 3.63) is 101 Å². The van der Waals surface area contributed by atoms with Crippen LogP contribution in [0.15, 0.2) is 72.8 Å². The second-order valence-corrected chi connectivity index (χ2v) is 6.50. The molecule has 0 aliphatic carbocycles. The molecule has 0 saturated heterocycles. The van der Waals surface area contributed by atoms with Gasteiger partial charge in [-0.25, -0.2) is 9.37 Å². The van der Waals surface area contributed by atoms with Crippen molar-refractivity contribution in [3.63, 3.8) is 0 Å². The van der Waals surface area contributed by atoms with Gasteiger partial charge in [-0.1, -0.05) is 48.0 Å². The van der Waals surface area contributed by atoms with Gasteiger partial charge in [0.25, 0.3) is 5.91 Å². The molecule has 0 spiro atoms. The minimum absolute atomic E-state index is 0.289. The smallest absolute Gasteiger partial charge is 0.255 e. The summed E-state index contributed by atoms with van der Waals surface area (Å²) in [5.74, 6) is -0.200. The van der Waals surface area contributed by atoms with Crippen LogP contribution in [0.2, 0.25) is 0 Å². The number of imidazole rings is 1. The molecule has 0 atom stereocenters. The number of nitrogens with zero attached hydrogens (tertiary/aromatic N) is 1. The maximum Gasteiger partial charge on any atom is 0.255 e. The minimum atomic E-state index is -0.374. The minimum Gasteiger partial charge on any atom is -0.337 e. The van der Waals surface area contributed by atoms with Crippen LogP contribution in [0, 0.1) is 12.7 Å². The van der Waals surface area contributed by atoms with Crippen LogP contribution in [0.4, 0.5) is 4.39 Å². The Labute approximate surface area is 161 Å². The van der Waals surface area contributed by atoms with Gasteiger partial charge in [-0.15, -0.1) is 0 Å². The van der Waals surface area contributed by atoms with Gasteiger partial charge in [0.05, 0.1) is 16.7 Å². The van der Waals surface area contributed by atoms with Gasteiger partial charge in [-0.05, 0) is 43.3 Å². The first kappa shape index (κ1) is 17.7. The summed E-state index contributed by atoms with van der Waals surface area (Å²) in [5, 5.41) is 2.87. The van der Waals surface area contributed by atoms with E-state index in [4.69, 9.17) is 0 Å². The first-order valence-electron chi connectivity index (χ1n) is 8.89. The van der Waals surface area contributed by atoms with Gasteiger partial charge in [0.2, 0.25) is 0 Å². The molecule has 4 aromatic rings. The Balaban J connectivity index is 1.76. The highest BCUT2D eigenvalue weighted by atomic mass is 19.1. The predicted octanol–water partition coefficient (Wildman–Crippen LogP) is 4.94. The lowest BCUT2D eigenvalue weighted by atomic mass is 10.1. The third-order valence-corrected chi connectivity index (χ3v) is 4.41. The van der Waals surface area contributed by atoms with Crippen LogP contribution in [0.25, 0.3) is 22.8 Å². The molecule has 0 saturated carbocycles. The van der Waals surface area contributed by atoms with Crippen molar-refractivity contribution in [2.45, 2.75) is 6.92 Å². The van der Waals surface area contributed by atoms with E-state index in [1.165, 1.54) is 6.07 Å². The Morgan fingerprint density at radius 2 is 1.71 bits per heavy atom. The average molecular weight is 371 g/mol. The summed E-state index contributed by atoms with van der Waals surface area (Å²) in [6.07, 6.45) is 1.58. The number of fused-ring (bicyclic) bond motifs is 1. The number of aromatic amines is 1. The fraction of sp³-hybridized carbons (Fsp3) is 0.0435. The molecule has 1 amide bonds. The van der Waals surface area contributed by atoms with Gasteiger partial charge < -0.3 is 10.3 Å². The number of aromatic nitrogens is 2. The van der Waals surface area contributed by atoms with Crippen molar-refractivity contribution in [1.82, 2.24) is 15.3 Å². The molecule has 1 heterocycles. The van der Waals surface area contributed by atoms with Crippen LogP contribution >= 0.6 is 0 Å². The fourth-order valence-corrected chi connectivity index (χ4v) is 2.89. The molecule has 0 fully saturated rings. The van der Waals surface area contributed by atoms with E-state index in [-0.39, 0.29) is 11.7 Å². The van der Waals surface area contributed by atoms with E-state index >= 15 is 0 Å². The molecular formula is C23H18FN3O. The van der Waals surface area contributed by atoms with Crippen molar-refractivity contribution in [1.29, 1.82) is 0 Å². The third kappa shape index (κ3) is 3.69. The molecule has 0 unspecified atom stereocenters. The summed E-state index contributed by atoms with van der Waals surface area (Å²) < 4.78 is 14.2. The van der Waals surface area contributed by atoms with Crippen molar-refractivity contribution in [2.24, 2.45) is 0 Å². The summed E-state index contributed by atoms with van der Waals surface area (Å²) in [5.41, 5.74) is 3.94. The number of carbonyl (C=O) groups is 1. The Morgan fingerprint density at radius 3 is 2.46 bits per heavy atom. The summed E-state index contributed by atoms with van der Waals surface area (Å²) in [6, 6.07) is 21.2. The maximum atomic E-state index is 14.2. The topological polar surface area (TPSA) is 57.8 Å². The molecule has 4 rings (SSSR count). The molecule has 3 aromatic carbocycles. The Morgan fingerprint density at radius 1 is 1.00 bits per heavy atom. The largest absolute Gasteiger partial charge is 0.337 e. The highest BCUT2D eigenvalue weighted by Gasteiger charge is 2.14. The van der Waals surface area contributed by atoms with E-state index in [0.717, 1.165) is 16.6 Å². The maximum absolute atomic E-state index is 14.2. The molecule has 5 heteroatoms. The average Bonchev–Trinajstić information content (AvgIpc) is 3.14. The Hall–Kier alpha value is -3.73. The quantitative estimate of drug-likeness (QED) is 0.534. The number of aryl methyl sites for hydroxylation is 1. The summed E-state index contributed by atoms with van der Waals surface area (Å²) >= 11 is 0. The number of halogens is 1. The number of carbonyl (C=O) groups excluding carboxylic acids is 1. The van der Waals surface area contributed by atoms with Gasteiger partial charge in [-0.3, -0.25) is 4.79 Å². The molecule has 0 radical (unpaired) electrons. The predicted molar refractivity (Wildman–Crippen MR) is 109 cm³/mol. The number of hydrogen-bond acceptors (Lipinski definition) is 2. The first-order valence-corrected chi connectivity index (χ1v) is 8.89. The molecule has 0 aliphatic heterocycles. The highest BCUT2D eigenvalue weighted by Crippen LogP contribution is 2.20. The van der Waals surface area contributed by atoms with E-state index in [0.29, 0.717) is 22.6 Å². The number of para-hydroxylation sites is 2. The van der Waals surface area contributed by atoms with Crippen LogP contribution in [0.3, 0.4) is 0 Å². The first-order chi connectivity index (χ1) is 13.6. The molecule has 4 nitrogen and oxygen atoms in total. The number of rotatable bonds is 4. The van der Waals surface area contributed by atoms with E-state index in [2.05, 4.69) is 15.3 Å². The van der Waals surface area contributed by atoms with Crippen LogP contribution in [0.5, 0.6) is 0 Å². The number of H-pyrrole nitrogens is 1. The zero-order valence-electron chi connectivity index (χ0n) is 15.2. The number of hydrogen-bond donors (Lipinski definition) is 2. The molecule has 28 heavy (non-hydrogen) atoms. The molecule has 2 N–H and O–H groups in total. The summed E-state index contributed by atoms with van der Waals surface area (Å²) in [4.78, 5) is 20.5. The standard InChI is InChI=1S/C23H18FN3O/c1-15-10-12-16(13-11-15)23(28)27-21(14-17-6-2-3-7-18(17)24)22-25-19-8-4-5-9-20(19)26-22/h2-14H,1H3,(H,25,26)(H,27,28). The normalized spacial score (nSPS) is 11.6. The lowest BCUT2D eigenvalue weighted by Crippen LogP contribution is -2.22. The van der Waals surface area contributed by atoms with E-state index in [9.17, 15) is 9.18 Å². The van der Waals surface area contributed by atoms with Gasteiger partial charge in [-0.2, -0.15) is 0 Å². The molecule has 0 aliphatic rings. The van der Waals surface area contributed by atoms with Gasteiger partial charge in [0.1, 0.15) is 5.82 Å². The van der Waals surface area contributed by atoms with Gasteiger partial charge >= 0.3 is 0 Å². The zero-order valence-corrected chi connectivity index (χ0v) is 15.2. The van der Waals surface area contributed by atoms with Crippen molar-refractivity contribution in [2.75, 3.05) is 0 Å². The summed E-state index contributed by atoms with van der Waals surface area (Å²) in [7, 11) is 0. The van der Waals surface area contributed by atoms with E-state index in [1.807, 2.05) is 43.3 Å². The highest BCUT2D eigenvalue weighted by molar-refractivity contribution is 6.01. The van der Waals surface area contributed by atoms with Crippen molar-refractivity contribution < 1.29 is 9.18 Å². The lowest BCUT2D eigenvalue weighted by molar-refractivity contribution is 0.0973. The lowest BCUT2D eigenvalue weighted by Gasteiger charge is -2.09. The Kier molecular flexibility index (Phi) is 4.72. The van der Waals surface area contributed by atoms with Crippen LogP contribution in [0.1, 0.15) is 27.3 Å². The molecule has 0 bridgehead atoms. The van der Waals surface area contributed by atoms with Crippen molar-refractivity contribution >= 4 is 28.7 Å². The zero-order chi connectivity index (χ0) is 19.5. The SMILES string of the molecule is Cc1ccc(C(=O)NC(=Cc2ccccc2F)c2nc3ccccc3[nH]2)cc1. The molecule has 138 valence electrons. The third-order valence-electron chi connectivity index (χ3n) is 4.41. The van der Waals surface area contributed by atoms with Crippen molar-refractivity contribution in [3.8, 4) is 0 Å². The second-order valence-electron chi connectivity index (χ2n) is 6.50. The monoisotopic (exact) mass is 371 g/mol. The van der Waals surface area contributed by atoms with Gasteiger partial charge in [0, 0.05) is 11.1 Å². The Bertz CT molecular complexity index is 1140. The molecule has 1 aromatic heterocycles. The van der Waals surface area contributed by atoms with E-state index in [1.54, 1.807) is 36.4 Å². The van der Waals surface area contributed by atoms with Gasteiger partial charge in [0.15, 0.2) is 5.82 Å². The fourth-order valence-electron chi connectivity index (χ4n) is 2.89. The van der Waals surface area contributed by atoms with E-state index < -0.39 is 0 Å².